The zero-order valence-electron chi connectivity index (χ0n) is 7.87. The van der Waals surface area contributed by atoms with Gasteiger partial charge in [-0.1, -0.05) is 6.07 Å². The first-order valence-corrected chi connectivity index (χ1v) is 4.44. The predicted octanol–water partition coefficient (Wildman–Crippen LogP) is 3.20. The van der Waals surface area contributed by atoms with Crippen LogP contribution in [0.4, 0.5) is 4.39 Å². The minimum atomic E-state index is -0.217. The standard InChI is InChI=1S/C12H10FN/c1-9-6-10(8-11(13)7-9)12-4-2-3-5-14-12/h2-8H,1H3. The van der Waals surface area contributed by atoms with Crippen LogP contribution >= 0.6 is 0 Å². The molecule has 0 saturated carbocycles. The number of nitrogens with zero attached hydrogens (tertiary/aromatic N) is 1. The number of aryl methyl sites for hydroxylation is 1. The van der Waals surface area contributed by atoms with E-state index in [1.54, 1.807) is 6.20 Å². The van der Waals surface area contributed by atoms with Gasteiger partial charge in [0, 0.05) is 11.8 Å². The third-order valence-corrected chi connectivity index (χ3v) is 2.00. The summed E-state index contributed by atoms with van der Waals surface area (Å²) in [6.45, 7) is 1.87. The maximum atomic E-state index is 13.1. The lowest BCUT2D eigenvalue weighted by molar-refractivity contribution is 0.627. The molecule has 0 spiro atoms. The number of rotatable bonds is 1. The van der Waals surface area contributed by atoms with Crippen LogP contribution in [0.5, 0.6) is 0 Å². The molecule has 0 atom stereocenters. The lowest BCUT2D eigenvalue weighted by Crippen LogP contribution is -1.85. The van der Waals surface area contributed by atoms with Crippen LogP contribution in [-0.4, -0.2) is 4.98 Å². The van der Waals surface area contributed by atoms with E-state index in [1.807, 2.05) is 31.2 Å². The number of hydrogen-bond acceptors (Lipinski definition) is 1. The summed E-state index contributed by atoms with van der Waals surface area (Å²) in [6, 6.07) is 10.5. The van der Waals surface area contributed by atoms with Crippen LogP contribution in [0.3, 0.4) is 0 Å². The summed E-state index contributed by atoms with van der Waals surface area (Å²) >= 11 is 0. The second-order valence-electron chi connectivity index (χ2n) is 3.23. The lowest BCUT2D eigenvalue weighted by Gasteiger charge is -2.01. The Bertz CT molecular complexity index is 417. The van der Waals surface area contributed by atoms with Crippen molar-refractivity contribution >= 4 is 0 Å². The molecule has 0 saturated heterocycles. The molecule has 1 nitrogen and oxygen atoms in total. The average molecular weight is 187 g/mol. The largest absolute Gasteiger partial charge is 0.256 e. The summed E-state index contributed by atoms with van der Waals surface area (Å²) in [5.74, 6) is -0.217. The van der Waals surface area contributed by atoms with E-state index in [0.29, 0.717) is 0 Å². The van der Waals surface area contributed by atoms with Gasteiger partial charge in [-0.3, -0.25) is 4.98 Å². The minimum absolute atomic E-state index is 0.217. The number of benzene rings is 1. The lowest BCUT2D eigenvalue weighted by atomic mass is 10.1. The Hall–Kier alpha value is -1.70. The maximum absolute atomic E-state index is 13.1. The van der Waals surface area contributed by atoms with Crippen LogP contribution in [0.25, 0.3) is 11.3 Å². The fourth-order valence-electron chi connectivity index (χ4n) is 1.42. The number of halogens is 1. The van der Waals surface area contributed by atoms with Crippen molar-refractivity contribution in [3.63, 3.8) is 0 Å². The fourth-order valence-corrected chi connectivity index (χ4v) is 1.42. The Morgan fingerprint density at radius 1 is 1.14 bits per heavy atom. The van der Waals surface area contributed by atoms with Gasteiger partial charge in [-0.25, -0.2) is 4.39 Å². The summed E-state index contributed by atoms with van der Waals surface area (Å²) in [6.07, 6.45) is 1.70. The van der Waals surface area contributed by atoms with Crippen molar-refractivity contribution in [1.82, 2.24) is 4.98 Å². The molecular weight excluding hydrogens is 177 g/mol. The van der Waals surface area contributed by atoms with Gasteiger partial charge in [0.1, 0.15) is 5.82 Å². The van der Waals surface area contributed by atoms with Crippen LogP contribution in [0.1, 0.15) is 5.56 Å². The summed E-state index contributed by atoms with van der Waals surface area (Å²) in [7, 11) is 0. The Morgan fingerprint density at radius 2 is 2.00 bits per heavy atom. The average Bonchev–Trinajstić information content (AvgIpc) is 2.18. The third kappa shape index (κ3) is 1.79. The van der Waals surface area contributed by atoms with E-state index in [-0.39, 0.29) is 5.82 Å². The van der Waals surface area contributed by atoms with Gasteiger partial charge in [0.2, 0.25) is 0 Å². The quantitative estimate of drug-likeness (QED) is 0.668. The van der Waals surface area contributed by atoms with Crippen molar-refractivity contribution in [2.45, 2.75) is 6.92 Å². The first-order chi connectivity index (χ1) is 6.75. The fraction of sp³-hybridized carbons (Fsp3) is 0.0833. The van der Waals surface area contributed by atoms with E-state index in [2.05, 4.69) is 4.98 Å². The first-order valence-electron chi connectivity index (χ1n) is 4.44. The van der Waals surface area contributed by atoms with Gasteiger partial charge in [-0.2, -0.15) is 0 Å². The summed E-state index contributed by atoms with van der Waals surface area (Å²) in [5.41, 5.74) is 2.53. The molecule has 0 amide bonds. The first kappa shape index (κ1) is 8.88. The Labute approximate surface area is 82.2 Å². The molecule has 0 aliphatic rings. The highest BCUT2D eigenvalue weighted by Crippen LogP contribution is 2.19. The highest BCUT2D eigenvalue weighted by atomic mass is 19.1. The topological polar surface area (TPSA) is 12.9 Å². The molecule has 0 unspecified atom stereocenters. The monoisotopic (exact) mass is 187 g/mol. The molecule has 1 aromatic carbocycles. The number of pyridine rings is 1. The zero-order valence-corrected chi connectivity index (χ0v) is 7.87. The van der Waals surface area contributed by atoms with Gasteiger partial charge >= 0.3 is 0 Å². The Balaban J connectivity index is 2.52. The van der Waals surface area contributed by atoms with E-state index < -0.39 is 0 Å². The van der Waals surface area contributed by atoms with Gasteiger partial charge in [-0.05, 0) is 42.8 Å². The Kier molecular flexibility index (Phi) is 2.27. The molecule has 2 heteroatoms. The molecule has 2 rings (SSSR count). The Morgan fingerprint density at radius 3 is 2.64 bits per heavy atom. The van der Waals surface area contributed by atoms with Crippen LogP contribution < -0.4 is 0 Å². The van der Waals surface area contributed by atoms with Gasteiger partial charge in [-0.15, -0.1) is 0 Å². The molecule has 70 valence electrons. The molecule has 0 aliphatic heterocycles. The smallest absolute Gasteiger partial charge is 0.124 e. The molecule has 2 aromatic rings. The molecule has 0 radical (unpaired) electrons. The SMILES string of the molecule is Cc1cc(F)cc(-c2ccccn2)c1. The maximum Gasteiger partial charge on any atom is 0.124 e. The molecular formula is C12H10FN. The van der Waals surface area contributed by atoms with E-state index >= 15 is 0 Å². The van der Waals surface area contributed by atoms with E-state index in [0.717, 1.165) is 16.8 Å². The van der Waals surface area contributed by atoms with Gasteiger partial charge < -0.3 is 0 Å². The summed E-state index contributed by atoms with van der Waals surface area (Å²) in [4.78, 5) is 4.16. The van der Waals surface area contributed by atoms with Crippen LogP contribution in [0, 0.1) is 12.7 Å². The van der Waals surface area contributed by atoms with Crippen molar-refractivity contribution in [2.75, 3.05) is 0 Å². The van der Waals surface area contributed by atoms with Crippen molar-refractivity contribution in [1.29, 1.82) is 0 Å². The van der Waals surface area contributed by atoms with Crippen LogP contribution in [0.15, 0.2) is 42.6 Å². The van der Waals surface area contributed by atoms with E-state index in [9.17, 15) is 4.39 Å². The van der Waals surface area contributed by atoms with E-state index in [1.165, 1.54) is 12.1 Å². The minimum Gasteiger partial charge on any atom is -0.256 e. The van der Waals surface area contributed by atoms with Crippen LogP contribution in [0.2, 0.25) is 0 Å². The van der Waals surface area contributed by atoms with Crippen molar-refractivity contribution < 1.29 is 4.39 Å². The second kappa shape index (κ2) is 3.58. The molecule has 0 N–H and O–H groups in total. The van der Waals surface area contributed by atoms with E-state index in [4.69, 9.17) is 0 Å². The summed E-state index contributed by atoms with van der Waals surface area (Å²) in [5, 5.41) is 0. The second-order valence-corrected chi connectivity index (χ2v) is 3.23. The molecule has 14 heavy (non-hydrogen) atoms. The molecule has 0 aliphatic carbocycles. The normalized spacial score (nSPS) is 10.1. The van der Waals surface area contributed by atoms with Crippen LogP contribution in [-0.2, 0) is 0 Å². The highest BCUT2D eigenvalue weighted by molar-refractivity contribution is 5.59. The molecule has 0 fully saturated rings. The van der Waals surface area contributed by atoms with Gasteiger partial charge in [0.15, 0.2) is 0 Å². The van der Waals surface area contributed by atoms with Gasteiger partial charge in [0.25, 0.3) is 0 Å². The van der Waals surface area contributed by atoms with Crippen molar-refractivity contribution in [2.24, 2.45) is 0 Å². The van der Waals surface area contributed by atoms with Crippen molar-refractivity contribution in [3.8, 4) is 11.3 Å². The predicted molar refractivity (Wildman–Crippen MR) is 54.4 cm³/mol. The highest BCUT2D eigenvalue weighted by Gasteiger charge is 2.00. The number of aromatic nitrogens is 1. The van der Waals surface area contributed by atoms with Gasteiger partial charge in [0.05, 0.1) is 5.69 Å². The molecule has 1 heterocycles. The molecule has 0 bridgehead atoms. The molecule has 1 aromatic heterocycles. The number of hydrogen-bond donors (Lipinski definition) is 0. The summed E-state index contributed by atoms with van der Waals surface area (Å²) < 4.78 is 13.1. The third-order valence-electron chi connectivity index (χ3n) is 2.00. The van der Waals surface area contributed by atoms with Crippen molar-refractivity contribution in [3.05, 3.63) is 54.0 Å². The zero-order chi connectivity index (χ0) is 9.97.